The minimum absolute atomic E-state index is 0.222. The minimum Gasteiger partial charge on any atom is -0.360 e. The molecule has 0 aliphatic rings. The summed E-state index contributed by atoms with van der Waals surface area (Å²) in [6.45, 7) is 4.22. The number of carbonyl (C=O) groups is 1. The van der Waals surface area contributed by atoms with E-state index in [1.54, 1.807) is 24.3 Å². The predicted octanol–water partition coefficient (Wildman–Crippen LogP) is 3.52. The zero-order chi connectivity index (χ0) is 14.3. The van der Waals surface area contributed by atoms with Crippen LogP contribution in [0.2, 0.25) is 5.02 Å². The van der Waals surface area contributed by atoms with Gasteiger partial charge in [-0.2, -0.15) is 0 Å². The van der Waals surface area contributed by atoms with Crippen molar-refractivity contribution >= 4 is 34.8 Å². The summed E-state index contributed by atoms with van der Waals surface area (Å²) in [5, 5.41) is 6.81. The summed E-state index contributed by atoms with van der Waals surface area (Å²) in [6, 6.07) is 7.01. The Labute approximate surface area is 124 Å². The van der Waals surface area contributed by atoms with Gasteiger partial charge in [0.15, 0.2) is 5.11 Å². The predicted molar refractivity (Wildman–Crippen MR) is 83.6 cm³/mol. The molecule has 0 saturated carbocycles. The Bertz CT molecular complexity index is 434. The molecule has 0 saturated heterocycles. The van der Waals surface area contributed by atoms with Gasteiger partial charge in [-0.05, 0) is 49.3 Å². The molecule has 0 bridgehead atoms. The first-order valence-corrected chi connectivity index (χ1v) is 7.22. The lowest BCUT2D eigenvalue weighted by Crippen LogP contribution is -2.44. The third-order valence-corrected chi connectivity index (χ3v) is 3.27. The fourth-order valence-corrected chi connectivity index (χ4v) is 2.11. The maximum absolute atomic E-state index is 11.9. The Hall–Kier alpha value is -1.13. The molecule has 0 aliphatic carbocycles. The number of hydrogen-bond acceptors (Lipinski definition) is 2. The van der Waals surface area contributed by atoms with E-state index in [1.807, 2.05) is 0 Å². The summed E-state index contributed by atoms with van der Waals surface area (Å²) >= 11 is 10.9. The van der Waals surface area contributed by atoms with Gasteiger partial charge in [0.2, 0.25) is 0 Å². The van der Waals surface area contributed by atoms with Crippen LogP contribution >= 0.6 is 23.8 Å². The van der Waals surface area contributed by atoms with E-state index in [1.165, 1.54) is 0 Å². The van der Waals surface area contributed by atoms with Gasteiger partial charge in [-0.1, -0.05) is 31.9 Å². The molecule has 1 unspecified atom stereocenters. The summed E-state index contributed by atoms with van der Waals surface area (Å²) in [7, 11) is 0. The third-order valence-electron chi connectivity index (χ3n) is 2.80. The van der Waals surface area contributed by atoms with E-state index in [-0.39, 0.29) is 5.91 Å². The second kappa shape index (κ2) is 8.12. The monoisotopic (exact) mass is 298 g/mol. The van der Waals surface area contributed by atoms with Crippen LogP contribution in [0.15, 0.2) is 24.3 Å². The van der Waals surface area contributed by atoms with E-state index in [2.05, 4.69) is 24.5 Å². The fraction of sp³-hybridized carbons (Fsp3) is 0.429. The molecule has 1 atom stereocenters. The van der Waals surface area contributed by atoms with Crippen LogP contribution in [-0.4, -0.2) is 17.1 Å². The number of rotatable bonds is 5. The average Bonchev–Trinajstić information content (AvgIpc) is 2.38. The maximum atomic E-state index is 11.9. The molecule has 3 nitrogen and oxygen atoms in total. The van der Waals surface area contributed by atoms with E-state index in [4.69, 9.17) is 23.8 Å². The van der Waals surface area contributed by atoms with Crippen LogP contribution in [-0.2, 0) is 0 Å². The maximum Gasteiger partial charge on any atom is 0.257 e. The van der Waals surface area contributed by atoms with Gasteiger partial charge < -0.3 is 5.32 Å². The molecule has 0 aromatic heterocycles. The number of amides is 1. The lowest BCUT2D eigenvalue weighted by atomic mass is 10.1. The highest BCUT2D eigenvalue weighted by atomic mass is 35.5. The molecule has 0 spiro atoms. The molecule has 1 amide bonds. The Balaban J connectivity index is 2.52. The summed E-state index contributed by atoms with van der Waals surface area (Å²) in [5.74, 6) is -0.222. The summed E-state index contributed by atoms with van der Waals surface area (Å²) in [4.78, 5) is 11.9. The molecule has 1 rings (SSSR count). The Kier molecular flexibility index (Phi) is 6.81. The number of hydrogen-bond donors (Lipinski definition) is 2. The van der Waals surface area contributed by atoms with E-state index in [0.717, 1.165) is 19.3 Å². The van der Waals surface area contributed by atoms with Crippen LogP contribution in [0.25, 0.3) is 0 Å². The first-order valence-electron chi connectivity index (χ1n) is 6.44. The van der Waals surface area contributed by atoms with Crippen LogP contribution in [0, 0.1) is 0 Å². The van der Waals surface area contributed by atoms with Gasteiger partial charge in [-0.15, -0.1) is 0 Å². The quantitative estimate of drug-likeness (QED) is 0.817. The first-order chi connectivity index (χ1) is 9.06. The third kappa shape index (κ3) is 5.57. The standard InChI is InChI=1S/C14H19ClN2OS/c1-3-5-12(4-2)16-14(19)17-13(18)10-6-8-11(15)9-7-10/h6-9,12H,3-5H2,1-2H3,(H2,16,17,18,19). The Morgan fingerprint density at radius 1 is 1.32 bits per heavy atom. The number of benzene rings is 1. The van der Waals surface area contributed by atoms with E-state index >= 15 is 0 Å². The van der Waals surface area contributed by atoms with E-state index in [9.17, 15) is 4.79 Å². The van der Waals surface area contributed by atoms with Crippen molar-refractivity contribution in [3.8, 4) is 0 Å². The molecule has 1 aromatic carbocycles. The van der Waals surface area contributed by atoms with Gasteiger partial charge >= 0.3 is 0 Å². The van der Waals surface area contributed by atoms with Gasteiger partial charge in [-0.3, -0.25) is 10.1 Å². The van der Waals surface area contributed by atoms with E-state index in [0.29, 0.717) is 21.7 Å². The molecular weight excluding hydrogens is 280 g/mol. The molecule has 2 N–H and O–H groups in total. The second-order valence-corrected chi connectivity index (χ2v) is 5.17. The Morgan fingerprint density at radius 2 is 1.95 bits per heavy atom. The van der Waals surface area contributed by atoms with Crippen molar-refractivity contribution in [2.75, 3.05) is 0 Å². The van der Waals surface area contributed by atoms with Gasteiger partial charge in [0.05, 0.1) is 0 Å². The largest absolute Gasteiger partial charge is 0.360 e. The van der Waals surface area contributed by atoms with Crippen LogP contribution in [0.4, 0.5) is 0 Å². The van der Waals surface area contributed by atoms with Gasteiger partial charge in [0.25, 0.3) is 5.91 Å². The van der Waals surface area contributed by atoms with Crippen molar-refractivity contribution < 1.29 is 4.79 Å². The van der Waals surface area contributed by atoms with Gasteiger partial charge in [-0.25, -0.2) is 0 Å². The van der Waals surface area contributed by atoms with Crippen molar-refractivity contribution in [1.29, 1.82) is 0 Å². The molecule has 0 heterocycles. The van der Waals surface area contributed by atoms with Crippen molar-refractivity contribution in [2.45, 2.75) is 39.2 Å². The number of halogens is 1. The second-order valence-electron chi connectivity index (χ2n) is 4.33. The highest BCUT2D eigenvalue weighted by Gasteiger charge is 2.10. The molecule has 5 heteroatoms. The molecular formula is C14H19ClN2OS. The first kappa shape index (κ1) is 15.9. The van der Waals surface area contributed by atoms with Crippen molar-refractivity contribution in [3.63, 3.8) is 0 Å². The average molecular weight is 299 g/mol. The number of carbonyl (C=O) groups excluding carboxylic acids is 1. The van der Waals surface area contributed by atoms with Crippen LogP contribution in [0.3, 0.4) is 0 Å². The SMILES string of the molecule is CCCC(CC)NC(=S)NC(=O)c1ccc(Cl)cc1. The van der Waals surface area contributed by atoms with Crippen LogP contribution in [0.5, 0.6) is 0 Å². The highest BCUT2D eigenvalue weighted by Crippen LogP contribution is 2.09. The normalized spacial score (nSPS) is 11.7. The van der Waals surface area contributed by atoms with Gasteiger partial charge in [0.1, 0.15) is 0 Å². The highest BCUT2D eigenvalue weighted by molar-refractivity contribution is 7.80. The van der Waals surface area contributed by atoms with Crippen LogP contribution < -0.4 is 10.6 Å². The summed E-state index contributed by atoms with van der Waals surface area (Å²) < 4.78 is 0. The topological polar surface area (TPSA) is 41.1 Å². The zero-order valence-electron chi connectivity index (χ0n) is 11.2. The van der Waals surface area contributed by atoms with Crippen LogP contribution in [0.1, 0.15) is 43.5 Å². The number of nitrogens with one attached hydrogen (secondary N) is 2. The molecule has 104 valence electrons. The number of thiocarbonyl (C=S) groups is 1. The van der Waals surface area contributed by atoms with E-state index < -0.39 is 0 Å². The molecule has 0 fully saturated rings. The summed E-state index contributed by atoms with van der Waals surface area (Å²) in [6.07, 6.45) is 3.09. The minimum atomic E-state index is -0.222. The lowest BCUT2D eigenvalue weighted by Gasteiger charge is -2.18. The molecule has 19 heavy (non-hydrogen) atoms. The zero-order valence-corrected chi connectivity index (χ0v) is 12.8. The smallest absolute Gasteiger partial charge is 0.257 e. The lowest BCUT2D eigenvalue weighted by molar-refractivity contribution is 0.0976. The molecule has 1 aromatic rings. The van der Waals surface area contributed by atoms with Gasteiger partial charge in [0, 0.05) is 16.6 Å². The fourth-order valence-electron chi connectivity index (χ4n) is 1.72. The van der Waals surface area contributed by atoms with Crippen molar-refractivity contribution in [2.24, 2.45) is 0 Å². The van der Waals surface area contributed by atoms with Crippen molar-refractivity contribution in [3.05, 3.63) is 34.9 Å². The van der Waals surface area contributed by atoms with Crippen molar-refractivity contribution in [1.82, 2.24) is 10.6 Å². The molecule has 0 aliphatic heterocycles. The molecule has 0 radical (unpaired) electrons. The summed E-state index contributed by atoms with van der Waals surface area (Å²) in [5.41, 5.74) is 0.539. The Morgan fingerprint density at radius 3 is 2.47 bits per heavy atom.